The normalized spacial score (nSPS) is 12.0. The molecule has 0 bridgehead atoms. The van der Waals surface area contributed by atoms with Crippen LogP contribution >= 0.6 is 0 Å². The molecule has 0 heterocycles. The van der Waals surface area contributed by atoms with Crippen LogP contribution in [0, 0.1) is 0 Å². The molecular formula is C124H74. The molecule has 0 N–H and O–H groups in total. The lowest BCUT2D eigenvalue weighted by molar-refractivity contribution is 1.77. The molecule has 0 spiro atoms. The van der Waals surface area contributed by atoms with Crippen LogP contribution in [0.1, 0.15) is 0 Å². The van der Waals surface area contributed by atoms with E-state index in [1.807, 2.05) is 0 Å². The third-order valence-corrected chi connectivity index (χ3v) is 27.1. The molecule has 0 nitrogen and oxygen atoms in total. The van der Waals surface area contributed by atoms with Crippen LogP contribution in [0.5, 0.6) is 0 Å². The van der Waals surface area contributed by atoms with Crippen LogP contribution in [0.15, 0.2) is 449 Å². The second-order valence-electron chi connectivity index (χ2n) is 34.0. The Bertz CT molecular complexity index is 9160. The zero-order chi connectivity index (χ0) is 81.2. The van der Waals surface area contributed by atoms with Crippen molar-refractivity contribution in [1.29, 1.82) is 0 Å². The summed E-state index contributed by atoms with van der Waals surface area (Å²) in [5.41, 5.74) is 5.60. The van der Waals surface area contributed by atoms with Gasteiger partial charge < -0.3 is 0 Å². The molecule has 0 amide bonds. The summed E-state index contributed by atoms with van der Waals surface area (Å²) in [6, 6.07) is 164. The summed E-state index contributed by atoms with van der Waals surface area (Å²) in [6.45, 7) is 0. The quantitative estimate of drug-likeness (QED) is 0.105. The van der Waals surface area contributed by atoms with Crippen molar-refractivity contribution in [2.45, 2.75) is 0 Å². The van der Waals surface area contributed by atoms with Gasteiger partial charge in [-0.3, -0.25) is 0 Å². The van der Waals surface area contributed by atoms with E-state index in [9.17, 15) is 0 Å². The fourth-order valence-electron chi connectivity index (χ4n) is 21.6. The summed E-state index contributed by atoms with van der Waals surface area (Å²) in [5, 5.41) is 62.1. The third-order valence-electron chi connectivity index (χ3n) is 27.1. The van der Waals surface area contributed by atoms with Crippen LogP contribution in [0.3, 0.4) is 0 Å². The molecule has 0 radical (unpaired) electrons. The van der Waals surface area contributed by atoms with E-state index in [1.54, 1.807) is 0 Å². The highest BCUT2D eigenvalue weighted by atomic mass is 14.3. The molecule has 31 rings (SSSR count). The standard InChI is InChI=1S/C24H14.C22H12.C22H14.C20H12.C18H10.C18H12/c1-2-10-18-16(6-1)14-17-9-5-12-20-19-11-3-7-15-8-4-13-21(22(15)19)24(18)23(17)20;1-2-6-17-15(4-1)12-16-11-10-14-9-8-13-5-3-7-18-19(13)20(14)21(16)22(17)18;1-2-6-16-10-20-14-22-12-18-8-4-3-7-17(18)11-21(22)13-19(20)9-15(16)5-1;1-2-7-17-15(4-1)12-16-9-8-13-5-3-6-14-10-11-18(17)20(16)19(13)14;1-3-11-7-9-13-10-8-12-4-2-6-15-14(5-1)16(11)18(13)17(12)15;1-2-6-14-10-18-12-16-8-4-3-7-15(16)11-17(18)9-13(14)5-1/h1-14H;1-12H;1-14H;1-12H;1-10H;1-12H. The molecule has 0 aliphatic heterocycles. The molecule has 0 heteroatoms. The fourth-order valence-corrected chi connectivity index (χ4v) is 21.6. The maximum Gasteiger partial charge on any atom is -0.00137 e. The molecule has 2 aliphatic carbocycles. The van der Waals surface area contributed by atoms with Gasteiger partial charge in [-0.05, 0) is 349 Å². The number of benzene rings is 29. The van der Waals surface area contributed by atoms with Gasteiger partial charge in [0, 0.05) is 0 Å². The number of hydrogen-bond acceptors (Lipinski definition) is 0. The van der Waals surface area contributed by atoms with Crippen LogP contribution in [0.2, 0.25) is 0 Å². The summed E-state index contributed by atoms with van der Waals surface area (Å²) in [7, 11) is 0. The van der Waals surface area contributed by atoms with Crippen LogP contribution < -0.4 is 0 Å². The number of fused-ring (bicyclic) bond motifs is 17. The Morgan fingerprint density at radius 3 is 0.750 bits per heavy atom. The lowest BCUT2D eigenvalue weighted by Gasteiger charge is -2.16. The Balaban J connectivity index is 0.0000000798. The van der Waals surface area contributed by atoms with E-state index in [2.05, 4.69) is 449 Å². The SMILES string of the molecule is c1cc2c3c(c1)ccc1ccc4cccc-2c4c13.c1ccc2c(c1)cc1ccc3cccc4ccc2c1c34.c1ccc2c(c1)cc1cccc3c4cccc5cccc(c54)c2c13.c1ccc2c3c4c(ccc5ccc6cccc-3c6c54)cc2c1.c1ccc2cc3cc4cc5ccccc5cc4cc3cc2c1.c1ccc2cc3cc4ccccc4cc3cc2c1. The third kappa shape index (κ3) is 11.0. The number of hydrogen-bond donors (Lipinski definition) is 0. The Labute approximate surface area is 713 Å². The molecule has 0 fully saturated rings. The summed E-state index contributed by atoms with van der Waals surface area (Å²) >= 11 is 0. The Hall–Kier alpha value is -16.1. The minimum absolute atomic E-state index is 1.30. The minimum Gasteiger partial charge on any atom is -0.0616 e. The van der Waals surface area contributed by atoms with Gasteiger partial charge in [0.05, 0.1) is 0 Å². The molecule has 124 heavy (non-hydrogen) atoms. The van der Waals surface area contributed by atoms with E-state index < -0.39 is 0 Å². The van der Waals surface area contributed by atoms with Crippen molar-refractivity contribution in [2.75, 3.05) is 0 Å². The highest BCUT2D eigenvalue weighted by molar-refractivity contribution is 6.40. The first-order valence-corrected chi connectivity index (χ1v) is 43.2. The summed E-state index contributed by atoms with van der Waals surface area (Å²) < 4.78 is 0. The Morgan fingerprint density at radius 2 is 0.306 bits per heavy atom. The average Bonchev–Trinajstić information content (AvgIpc) is 1.53. The molecule has 2 aliphatic rings. The first kappa shape index (κ1) is 69.8. The Morgan fingerprint density at radius 1 is 0.0806 bits per heavy atom. The highest BCUT2D eigenvalue weighted by Crippen LogP contribution is 2.52. The van der Waals surface area contributed by atoms with Gasteiger partial charge in [0.25, 0.3) is 0 Å². The smallest absolute Gasteiger partial charge is 0.00137 e. The topological polar surface area (TPSA) is 0 Å². The zero-order valence-corrected chi connectivity index (χ0v) is 67.7. The van der Waals surface area contributed by atoms with Crippen LogP contribution in [-0.4, -0.2) is 0 Å². The van der Waals surface area contributed by atoms with E-state index in [0.29, 0.717) is 0 Å². The molecule has 29 aromatic carbocycles. The zero-order valence-electron chi connectivity index (χ0n) is 67.7. The molecule has 0 aromatic heterocycles. The van der Waals surface area contributed by atoms with Crippen LogP contribution in [0.4, 0.5) is 0 Å². The van der Waals surface area contributed by atoms with Gasteiger partial charge in [-0.2, -0.15) is 0 Å². The molecule has 0 saturated carbocycles. The van der Waals surface area contributed by atoms with Crippen LogP contribution in [-0.2, 0) is 0 Å². The lowest BCUT2D eigenvalue weighted by Crippen LogP contribution is -1.88. The van der Waals surface area contributed by atoms with Gasteiger partial charge in [-0.25, -0.2) is 0 Å². The lowest BCUT2D eigenvalue weighted by atomic mass is 9.87. The van der Waals surface area contributed by atoms with Crippen molar-refractivity contribution in [2.24, 2.45) is 0 Å². The van der Waals surface area contributed by atoms with E-state index >= 15 is 0 Å². The van der Waals surface area contributed by atoms with Crippen molar-refractivity contribution < 1.29 is 0 Å². The predicted molar refractivity (Wildman–Crippen MR) is 542 cm³/mol. The summed E-state index contributed by atoms with van der Waals surface area (Å²) in [5.74, 6) is 0. The molecule has 0 saturated heterocycles. The molecule has 0 unspecified atom stereocenters. The van der Waals surface area contributed by atoms with E-state index in [4.69, 9.17) is 0 Å². The van der Waals surface area contributed by atoms with Gasteiger partial charge in [-0.1, -0.05) is 370 Å². The van der Waals surface area contributed by atoms with Crippen molar-refractivity contribution in [3.8, 4) is 22.3 Å². The minimum atomic E-state index is 1.30. The first-order chi connectivity index (χ1) is 61.4. The van der Waals surface area contributed by atoms with Crippen molar-refractivity contribution in [3.05, 3.63) is 449 Å². The summed E-state index contributed by atoms with van der Waals surface area (Å²) in [6.07, 6.45) is 0. The predicted octanol–water partition coefficient (Wildman–Crippen LogP) is 35.5. The largest absolute Gasteiger partial charge is 0.0616 e. The van der Waals surface area contributed by atoms with Crippen molar-refractivity contribution >= 4 is 248 Å². The van der Waals surface area contributed by atoms with Gasteiger partial charge in [-0.15, -0.1) is 0 Å². The van der Waals surface area contributed by atoms with Gasteiger partial charge in [0.1, 0.15) is 0 Å². The fraction of sp³-hybridized carbons (Fsp3) is 0. The van der Waals surface area contributed by atoms with E-state index in [1.165, 1.54) is 270 Å². The van der Waals surface area contributed by atoms with Gasteiger partial charge in [0.15, 0.2) is 0 Å². The Kier molecular flexibility index (Phi) is 15.6. The molecule has 0 atom stereocenters. The van der Waals surface area contributed by atoms with Crippen molar-refractivity contribution in [1.82, 2.24) is 0 Å². The van der Waals surface area contributed by atoms with E-state index in [-0.39, 0.29) is 0 Å². The number of rotatable bonds is 0. The maximum absolute atomic E-state index is 2.33. The highest BCUT2D eigenvalue weighted by Gasteiger charge is 2.24. The average molecular weight is 1560 g/mol. The van der Waals surface area contributed by atoms with Gasteiger partial charge in [0.2, 0.25) is 0 Å². The van der Waals surface area contributed by atoms with Crippen molar-refractivity contribution in [3.63, 3.8) is 0 Å². The second kappa shape index (κ2) is 27.7. The second-order valence-corrected chi connectivity index (χ2v) is 34.0. The van der Waals surface area contributed by atoms with Gasteiger partial charge >= 0.3 is 0 Å². The molecular weight excluding hydrogens is 1490 g/mol. The van der Waals surface area contributed by atoms with Crippen LogP contribution in [0.25, 0.3) is 270 Å². The monoisotopic (exact) mass is 1560 g/mol. The molecule has 29 aromatic rings. The molecule has 570 valence electrons. The first-order valence-electron chi connectivity index (χ1n) is 43.2. The summed E-state index contributed by atoms with van der Waals surface area (Å²) in [4.78, 5) is 0. The van der Waals surface area contributed by atoms with E-state index in [0.717, 1.165) is 0 Å². The maximum atomic E-state index is 2.33.